The highest BCUT2D eigenvalue weighted by atomic mass is 16.3. The number of urea groups is 1. The maximum absolute atomic E-state index is 11.8. The molecule has 1 aromatic heterocycles. The second kappa shape index (κ2) is 7.16. The molecule has 4 heteroatoms. The molecule has 2 amide bonds. The van der Waals surface area contributed by atoms with Gasteiger partial charge in [-0.2, -0.15) is 0 Å². The van der Waals surface area contributed by atoms with Crippen LogP contribution >= 0.6 is 0 Å². The van der Waals surface area contributed by atoms with Crippen LogP contribution in [0, 0.1) is 27.7 Å². The fraction of sp³-hybridized carbons (Fsp3) is 0.389. The molecule has 0 saturated heterocycles. The molecular weight excluding hydrogens is 276 g/mol. The first kappa shape index (κ1) is 16.1. The van der Waals surface area contributed by atoms with E-state index in [-0.39, 0.29) is 6.03 Å². The minimum Gasteiger partial charge on any atom is -0.466 e. The molecule has 2 N–H and O–H groups in total. The van der Waals surface area contributed by atoms with Gasteiger partial charge in [0.05, 0.1) is 0 Å². The number of aryl methyl sites for hydroxylation is 4. The number of amides is 2. The number of benzene rings is 1. The van der Waals surface area contributed by atoms with E-state index in [1.165, 1.54) is 16.7 Å². The normalized spacial score (nSPS) is 10.5. The minimum absolute atomic E-state index is 0.150. The van der Waals surface area contributed by atoms with E-state index in [2.05, 4.69) is 42.7 Å². The second-order valence-corrected chi connectivity index (χ2v) is 5.73. The van der Waals surface area contributed by atoms with Gasteiger partial charge in [-0.15, -0.1) is 0 Å². The van der Waals surface area contributed by atoms with E-state index in [0.717, 1.165) is 23.5 Å². The average Bonchev–Trinajstić information content (AvgIpc) is 2.77. The van der Waals surface area contributed by atoms with Crippen LogP contribution in [0.3, 0.4) is 0 Å². The standard InChI is InChI=1S/C18H24N2O2/c1-12-5-6-16(13(2)9-12)7-8-19-18(21)20-11-17-10-14(3)22-15(17)4/h5-6,9-10H,7-8,11H2,1-4H3,(H2,19,20,21). The number of carbonyl (C=O) groups is 1. The van der Waals surface area contributed by atoms with Gasteiger partial charge >= 0.3 is 6.03 Å². The van der Waals surface area contributed by atoms with E-state index >= 15 is 0 Å². The average molecular weight is 300 g/mol. The van der Waals surface area contributed by atoms with Gasteiger partial charge in [-0.1, -0.05) is 23.8 Å². The van der Waals surface area contributed by atoms with Crippen molar-refractivity contribution in [2.45, 2.75) is 40.7 Å². The number of furan rings is 1. The van der Waals surface area contributed by atoms with E-state index in [1.807, 2.05) is 19.9 Å². The van der Waals surface area contributed by atoms with E-state index in [0.29, 0.717) is 13.1 Å². The first-order chi connectivity index (χ1) is 10.5. The molecule has 0 radical (unpaired) electrons. The van der Waals surface area contributed by atoms with E-state index in [1.54, 1.807) is 0 Å². The van der Waals surface area contributed by atoms with Crippen LogP contribution in [-0.4, -0.2) is 12.6 Å². The Hall–Kier alpha value is -2.23. The van der Waals surface area contributed by atoms with Gasteiger partial charge in [-0.25, -0.2) is 4.79 Å². The van der Waals surface area contributed by atoms with Crippen molar-refractivity contribution < 1.29 is 9.21 Å². The third kappa shape index (κ3) is 4.38. The second-order valence-electron chi connectivity index (χ2n) is 5.73. The van der Waals surface area contributed by atoms with Crippen molar-refractivity contribution in [1.29, 1.82) is 0 Å². The highest BCUT2D eigenvalue weighted by Crippen LogP contribution is 2.13. The molecule has 0 spiro atoms. The molecule has 0 aliphatic heterocycles. The Morgan fingerprint density at radius 1 is 1.05 bits per heavy atom. The lowest BCUT2D eigenvalue weighted by Crippen LogP contribution is -2.36. The summed E-state index contributed by atoms with van der Waals surface area (Å²) < 4.78 is 5.44. The maximum Gasteiger partial charge on any atom is 0.315 e. The maximum atomic E-state index is 11.8. The molecule has 4 nitrogen and oxygen atoms in total. The molecule has 2 rings (SSSR count). The highest BCUT2D eigenvalue weighted by molar-refractivity contribution is 5.73. The lowest BCUT2D eigenvalue weighted by atomic mass is 10.0. The summed E-state index contributed by atoms with van der Waals surface area (Å²) in [5, 5.41) is 5.74. The van der Waals surface area contributed by atoms with Crippen LogP contribution in [-0.2, 0) is 13.0 Å². The molecule has 0 aliphatic rings. The summed E-state index contributed by atoms with van der Waals surface area (Å²) in [6, 6.07) is 8.20. The van der Waals surface area contributed by atoms with Crippen molar-refractivity contribution in [1.82, 2.24) is 10.6 Å². The Balaban J connectivity index is 1.75. The summed E-state index contributed by atoms with van der Waals surface area (Å²) >= 11 is 0. The minimum atomic E-state index is -0.150. The van der Waals surface area contributed by atoms with Crippen LogP contribution in [0.25, 0.3) is 0 Å². The molecule has 1 heterocycles. The van der Waals surface area contributed by atoms with Crippen molar-refractivity contribution in [3.63, 3.8) is 0 Å². The summed E-state index contributed by atoms with van der Waals surface area (Å²) in [7, 11) is 0. The molecule has 0 fully saturated rings. The molecule has 0 unspecified atom stereocenters. The van der Waals surface area contributed by atoms with Gasteiger partial charge in [0.15, 0.2) is 0 Å². The Morgan fingerprint density at radius 2 is 1.82 bits per heavy atom. The molecular formula is C18H24N2O2. The van der Waals surface area contributed by atoms with Crippen LogP contribution in [0.4, 0.5) is 4.79 Å². The monoisotopic (exact) mass is 300 g/mol. The molecule has 22 heavy (non-hydrogen) atoms. The summed E-state index contributed by atoms with van der Waals surface area (Å²) in [6.45, 7) is 9.11. The van der Waals surface area contributed by atoms with E-state index in [9.17, 15) is 4.79 Å². The molecule has 0 atom stereocenters. The molecule has 0 bridgehead atoms. The number of hydrogen-bond donors (Lipinski definition) is 2. The smallest absolute Gasteiger partial charge is 0.315 e. The Kier molecular flexibility index (Phi) is 5.26. The predicted octanol–water partition coefficient (Wildman–Crippen LogP) is 3.56. The van der Waals surface area contributed by atoms with Crippen molar-refractivity contribution in [3.8, 4) is 0 Å². The lowest BCUT2D eigenvalue weighted by molar-refractivity contribution is 0.240. The Bertz CT molecular complexity index is 659. The zero-order valence-corrected chi connectivity index (χ0v) is 13.7. The third-order valence-electron chi connectivity index (χ3n) is 3.76. The van der Waals surface area contributed by atoms with Crippen LogP contribution in [0.2, 0.25) is 0 Å². The quantitative estimate of drug-likeness (QED) is 0.887. The van der Waals surface area contributed by atoms with Gasteiger partial charge in [-0.3, -0.25) is 0 Å². The van der Waals surface area contributed by atoms with Gasteiger partial charge in [0.1, 0.15) is 11.5 Å². The fourth-order valence-electron chi connectivity index (χ4n) is 2.53. The number of nitrogens with one attached hydrogen (secondary N) is 2. The Labute approximate surface area is 131 Å². The summed E-state index contributed by atoms with van der Waals surface area (Å²) in [6.07, 6.45) is 0.837. The van der Waals surface area contributed by atoms with Gasteiger partial charge in [-0.05, 0) is 51.3 Å². The Morgan fingerprint density at radius 3 is 2.45 bits per heavy atom. The molecule has 1 aromatic carbocycles. The predicted molar refractivity (Wildman–Crippen MR) is 88.0 cm³/mol. The first-order valence-corrected chi connectivity index (χ1v) is 7.59. The van der Waals surface area contributed by atoms with Crippen molar-refractivity contribution >= 4 is 6.03 Å². The molecule has 2 aromatic rings. The fourth-order valence-corrected chi connectivity index (χ4v) is 2.53. The van der Waals surface area contributed by atoms with E-state index in [4.69, 9.17) is 4.42 Å². The summed E-state index contributed by atoms with van der Waals surface area (Å²) in [4.78, 5) is 11.8. The zero-order chi connectivity index (χ0) is 16.1. The third-order valence-corrected chi connectivity index (χ3v) is 3.76. The number of rotatable bonds is 5. The van der Waals surface area contributed by atoms with Gasteiger partial charge in [0.2, 0.25) is 0 Å². The van der Waals surface area contributed by atoms with Crippen LogP contribution in [0.15, 0.2) is 28.7 Å². The number of hydrogen-bond acceptors (Lipinski definition) is 2. The number of carbonyl (C=O) groups excluding carboxylic acids is 1. The summed E-state index contributed by atoms with van der Waals surface area (Å²) in [5.74, 6) is 1.72. The van der Waals surface area contributed by atoms with Gasteiger partial charge in [0.25, 0.3) is 0 Å². The van der Waals surface area contributed by atoms with Crippen LogP contribution in [0.5, 0.6) is 0 Å². The summed E-state index contributed by atoms with van der Waals surface area (Å²) in [5.41, 5.74) is 4.82. The SMILES string of the molecule is Cc1ccc(CCNC(=O)NCc2cc(C)oc2C)c(C)c1. The molecule has 0 aliphatic carbocycles. The topological polar surface area (TPSA) is 54.3 Å². The first-order valence-electron chi connectivity index (χ1n) is 7.59. The largest absolute Gasteiger partial charge is 0.466 e. The van der Waals surface area contributed by atoms with Gasteiger partial charge < -0.3 is 15.1 Å². The zero-order valence-electron chi connectivity index (χ0n) is 13.7. The van der Waals surface area contributed by atoms with Crippen molar-refractivity contribution in [2.24, 2.45) is 0 Å². The molecule has 118 valence electrons. The van der Waals surface area contributed by atoms with Crippen LogP contribution < -0.4 is 10.6 Å². The van der Waals surface area contributed by atoms with Crippen molar-refractivity contribution in [2.75, 3.05) is 6.54 Å². The van der Waals surface area contributed by atoms with E-state index < -0.39 is 0 Å². The van der Waals surface area contributed by atoms with Gasteiger partial charge in [0, 0.05) is 18.7 Å². The molecule has 0 saturated carbocycles. The lowest BCUT2D eigenvalue weighted by Gasteiger charge is -2.09. The highest BCUT2D eigenvalue weighted by Gasteiger charge is 2.06. The van der Waals surface area contributed by atoms with Crippen LogP contribution in [0.1, 0.15) is 33.8 Å². The van der Waals surface area contributed by atoms with Crippen molar-refractivity contribution in [3.05, 3.63) is 58.0 Å².